The highest BCUT2D eigenvalue weighted by Crippen LogP contribution is 2.41. The summed E-state index contributed by atoms with van der Waals surface area (Å²) in [5.74, 6) is -1.61. The Balaban J connectivity index is 1.75. The zero-order valence-corrected chi connectivity index (χ0v) is 20.1. The van der Waals surface area contributed by atoms with Crippen molar-refractivity contribution in [1.82, 2.24) is 20.2 Å². The van der Waals surface area contributed by atoms with Crippen LogP contribution in [0.4, 0.5) is 18.9 Å². The van der Waals surface area contributed by atoms with Gasteiger partial charge in [0.2, 0.25) is 0 Å². The summed E-state index contributed by atoms with van der Waals surface area (Å²) < 4.78 is 75.0. The number of carbonyl (C=O) groups excluding carboxylic acids is 1. The van der Waals surface area contributed by atoms with E-state index in [-0.39, 0.29) is 28.3 Å². The molecule has 0 aliphatic heterocycles. The molecule has 1 aliphatic carbocycles. The van der Waals surface area contributed by atoms with Gasteiger partial charge in [0.25, 0.3) is 23.5 Å². The van der Waals surface area contributed by atoms with Crippen LogP contribution in [0, 0.1) is 6.92 Å². The van der Waals surface area contributed by atoms with Crippen LogP contribution in [0.25, 0.3) is 0 Å². The van der Waals surface area contributed by atoms with Gasteiger partial charge in [-0.2, -0.15) is 13.2 Å². The number of carbonyl (C=O) groups is 1. The highest BCUT2D eigenvalue weighted by molar-refractivity contribution is 7.90. The summed E-state index contributed by atoms with van der Waals surface area (Å²) in [7, 11) is -2.28. The van der Waals surface area contributed by atoms with E-state index in [4.69, 9.17) is 9.47 Å². The van der Waals surface area contributed by atoms with E-state index >= 15 is 0 Å². The van der Waals surface area contributed by atoms with Crippen LogP contribution < -0.4 is 14.8 Å². The zero-order valence-electron chi connectivity index (χ0n) is 19.3. The van der Waals surface area contributed by atoms with Crippen molar-refractivity contribution in [2.45, 2.75) is 36.8 Å². The molecule has 1 fully saturated rings. The quantitative estimate of drug-likeness (QED) is 0.489. The van der Waals surface area contributed by atoms with Gasteiger partial charge in [-0.25, -0.2) is 18.4 Å². The third-order valence-electron chi connectivity index (χ3n) is 5.31. The number of halogens is 3. The fourth-order valence-electron chi connectivity index (χ4n) is 3.35. The predicted molar refractivity (Wildman–Crippen MR) is 120 cm³/mol. The van der Waals surface area contributed by atoms with E-state index < -0.39 is 44.6 Å². The molecular weight excluding hydrogens is 503 g/mol. The molecule has 3 aromatic rings. The molecular formula is C22H20F3N5O5S. The molecule has 2 heterocycles. The fraction of sp³-hybridized carbons (Fsp3) is 0.318. The van der Waals surface area contributed by atoms with Crippen molar-refractivity contribution in [2.75, 3.05) is 18.7 Å². The number of ether oxygens (including phenoxy) is 2. The summed E-state index contributed by atoms with van der Waals surface area (Å²) >= 11 is 0. The lowest BCUT2D eigenvalue weighted by Crippen LogP contribution is -2.21. The number of sulfone groups is 1. The molecule has 1 saturated carbocycles. The minimum absolute atomic E-state index is 0.0322. The van der Waals surface area contributed by atoms with Crippen molar-refractivity contribution in [3.8, 4) is 17.6 Å². The molecule has 2 aromatic heterocycles. The van der Waals surface area contributed by atoms with Crippen molar-refractivity contribution in [3.63, 3.8) is 0 Å². The van der Waals surface area contributed by atoms with Gasteiger partial charge in [-0.05, 0) is 43.5 Å². The number of amides is 1. The second-order valence-corrected chi connectivity index (χ2v) is 10.1. The van der Waals surface area contributed by atoms with Crippen LogP contribution in [0.15, 0.2) is 35.4 Å². The summed E-state index contributed by atoms with van der Waals surface area (Å²) in [6.07, 6.45) is -0.561. The Kier molecular flexibility index (Phi) is 6.56. The van der Waals surface area contributed by atoms with Gasteiger partial charge in [-0.15, -0.1) is 10.2 Å². The Labute approximate surface area is 203 Å². The number of aromatic nitrogens is 4. The highest BCUT2D eigenvalue weighted by atomic mass is 32.2. The Morgan fingerprint density at radius 3 is 2.47 bits per heavy atom. The first-order valence-corrected chi connectivity index (χ1v) is 12.4. The molecule has 1 amide bonds. The maximum absolute atomic E-state index is 13.5. The molecule has 0 unspecified atom stereocenters. The minimum atomic E-state index is -4.90. The Morgan fingerprint density at radius 1 is 1.14 bits per heavy atom. The van der Waals surface area contributed by atoms with Crippen molar-refractivity contribution in [2.24, 2.45) is 0 Å². The van der Waals surface area contributed by atoms with Crippen LogP contribution in [0.2, 0.25) is 0 Å². The predicted octanol–water partition coefficient (Wildman–Crippen LogP) is 3.93. The molecule has 190 valence electrons. The van der Waals surface area contributed by atoms with Gasteiger partial charge in [-0.3, -0.25) is 4.79 Å². The van der Waals surface area contributed by atoms with Gasteiger partial charge < -0.3 is 14.8 Å². The molecule has 14 heteroatoms. The Bertz CT molecular complexity index is 1440. The van der Waals surface area contributed by atoms with Crippen LogP contribution >= 0.6 is 0 Å². The van der Waals surface area contributed by atoms with E-state index in [0.717, 1.165) is 26.0 Å². The monoisotopic (exact) mass is 523 g/mol. The molecule has 10 nitrogen and oxygen atoms in total. The van der Waals surface area contributed by atoms with Crippen molar-refractivity contribution in [1.29, 1.82) is 0 Å². The third-order valence-corrected chi connectivity index (χ3v) is 6.42. The van der Waals surface area contributed by atoms with Crippen molar-refractivity contribution in [3.05, 3.63) is 53.0 Å². The zero-order chi connectivity index (χ0) is 26.3. The lowest BCUT2D eigenvalue weighted by Gasteiger charge is -2.16. The normalized spacial score (nSPS) is 13.8. The first kappa shape index (κ1) is 25.3. The number of hydrogen-bond acceptors (Lipinski definition) is 9. The lowest BCUT2D eigenvalue weighted by molar-refractivity contribution is -0.142. The largest absolute Gasteiger partial charge is 0.477 e. The van der Waals surface area contributed by atoms with Gasteiger partial charge in [0.05, 0.1) is 23.9 Å². The number of anilines is 1. The van der Waals surface area contributed by atoms with E-state index in [9.17, 15) is 26.4 Å². The average molecular weight is 523 g/mol. The van der Waals surface area contributed by atoms with E-state index in [0.29, 0.717) is 5.69 Å². The van der Waals surface area contributed by atoms with E-state index in [1.807, 2.05) is 0 Å². The SMILES string of the molecule is COc1nc(C2CC2)cnc1Oc1nnc(C(F)(F)F)c(C)c1C(=O)Nc1cccc(S(C)(=O)=O)c1. The first-order chi connectivity index (χ1) is 16.9. The summed E-state index contributed by atoms with van der Waals surface area (Å²) in [5.41, 5.74) is -1.79. The lowest BCUT2D eigenvalue weighted by atomic mass is 10.1. The average Bonchev–Trinajstić information content (AvgIpc) is 3.63. The van der Waals surface area contributed by atoms with Gasteiger partial charge in [0, 0.05) is 17.9 Å². The van der Waals surface area contributed by atoms with Gasteiger partial charge in [-0.1, -0.05) is 6.07 Å². The number of benzene rings is 1. The van der Waals surface area contributed by atoms with E-state index in [2.05, 4.69) is 25.5 Å². The molecule has 36 heavy (non-hydrogen) atoms. The van der Waals surface area contributed by atoms with Crippen molar-refractivity contribution >= 4 is 21.4 Å². The number of methoxy groups -OCH3 is 1. The van der Waals surface area contributed by atoms with Crippen molar-refractivity contribution < 1.29 is 35.9 Å². The molecule has 4 rings (SSSR count). The van der Waals surface area contributed by atoms with E-state index in [1.165, 1.54) is 37.6 Å². The van der Waals surface area contributed by atoms with Gasteiger partial charge in [0.1, 0.15) is 5.56 Å². The summed E-state index contributed by atoms with van der Waals surface area (Å²) in [4.78, 5) is 21.5. The maximum atomic E-state index is 13.5. The Morgan fingerprint density at radius 2 is 1.86 bits per heavy atom. The van der Waals surface area contributed by atoms with Gasteiger partial charge in [0.15, 0.2) is 15.5 Å². The third kappa shape index (κ3) is 5.37. The minimum Gasteiger partial charge on any atom is -0.477 e. The molecule has 1 N–H and O–H groups in total. The fourth-order valence-corrected chi connectivity index (χ4v) is 4.02. The maximum Gasteiger partial charge on any atom is 0.435 e. The molecule has 0 atom stereocenters. The molecule has 1 aromatic carbocycles. The van der Waals surface area contributed by atoms with E-state index in [1.54, 1.807) is 0 Å². The molecule has 0 saturated heterocycles. The number of nitrogens with one attached hydrogen (secondary N) is 1. The summed E-state index contributed by atoms with van der Waals surface area (Å²) in [5, 5.41) is 9.09. The van der Waals surface area contributed by atoms with Crippen LogP contribution in [-0.4, -0.2) is 47.9 Å². The summed E-state index contributed by atoms with van der Waals surface area (Å²) in [6, 6.07) is 5.25. The molecule has 0 bridgehead atoms. The van der Waals surface area contributed by atoms with Gasteiger partial charge >= 0.3 is 6.18 Å². The second kappa shape index (κ2) is 9.33. The molecule has 0 spiro atoms. The smallest absolute Gasteiger partial charge is 0.435 e. The Hall–Kier alpha value is -3.81. The first-order valence-electron chi connectivity index (χ1n) is 10.5. The van der Waals surface area contributed by atoms with Crippen LogP contribution in [0.3, 0.4) is 0 Å². The second-order valence-electron chi connectivity index (χ2n) is 8.09. The number of rotatable bonds is 7. The van der Waals surface area contributed by atoms with Crippen LogP contribution in [0.1, 0.15) is 46.1 Å². The van der Waals surface area contributed by atoms with Crippen LogP contribution in [-0.2, 0) is 16.0 Å². The topological polar surface area (TPSA) is 133 Å². The highest BCUT2D eigenvalue weighted by Gasteiger charge is 2.38. The number of alkyl halides is 3. The number of nitrogens with zero attached hydrogens (tertiary/aromatic N) is 4. The number of hydrogen-bond donors (Lipinski definition) is 1. The molecule has 0 radical (unpaired) electrons. The molecule has 1 aliphatic rings. The summed E-state index contributed by atoms with van der Waals surface area (Å²) in [6.45, 7) is 1.05. The standard InChI is InChI=1S/C22H20F3N5O5S/c1-11-16(18(31)27-13-5-4-6-14(9-13)36(3,32)33)19(30-29-17(11)22(23,24)25)35-20-21(34-2)28-15(10-26-20)12-7-8-12/h4-6,9-10,12H,7-8H2,1-3H3,(H,27,31). The van der Waals surface area contributed by atoms with Crippen LogP contribution in [0.5, 0.6) is 17.6 Å².